The minimum Gasteiger partial charge on any atom is -0.496 e. The number of fused-ring (bicyclic) bond motifs is 1. The number of benzene rings is 2. The summed E-state index contributed by atoms with van der Waals surface area (Å²) in [6.07, 6.45) is 0. The van der Waals surface area contributed by atoms with Crippen molar-refractivity contribution in [2.24, 2.45) is 0 Å². The van der Waals surface area contributed by atoms with E-state index in [9.17, 15) is 9.18 Å². The Labute approximate surface area is 162 Å². The molecule has 4 rings (SSSR count). The van der Waals surface area contributed by atoms with Crippen LogP contribution in [0.3, 0.4) is 0 Å². The van der Waals surface area contributed by atoms with Gasteiger partial charge in [-0.05, 0) is 30.3 Å². The van der Waals surface area contributed by atoms with E-state index in [4.69, 9.17) is 16.3 Å². The van der Waals surface area contributed by atoms with Gasteiger partial charge in [0.05, 0.1) is 17.7 Å². The van der Waals surface area contributed by atoms with Gasteiger partial charge in [0.15, 0.2) is 5.82 Å². The Bertz CT molecular complexity index is 1160. The van der Waals surface area contributed by atoms with Crippen LogP contribution in [0.15, 0.2) is 42.5 Å². The molecule has 27 heavy (non-hydrogen) atoms. The molecule has 2 aromatic heterocycles. The summed E-state index contributed by atoms with van der Waals surface area (Å²) in [6.45, 7) is 0. The van der Waals surface area contributed by atoms with Crippen LogP contribution >= 0.6 is 22.9 Å². The Morgan fingerprint density at radius 2 is 2.11 bits per heavy atom. The molecule has 0 saturated heterocycles. The zero-order chi connectivity index (χ0) is 19.0. The first-order valence-corrected chi connectivity index (χ1v) is 9.01. The highest BCUT2D eigenvalue weighted by Gasteiger charge is 2.19. The van der Waals surface area contributed by atoms with Crippen LogP contribution in [0.2, 0.25) is 5.02 Å². The number of amides is 1. The summed E-state index contributed by atoms with van der Waals surface area (Å²) < 4.78 is 19.3. The number of H-pyrrole nitrogens is 1. The minimum atomic E-state index is -0.466. The second kappa shape index (κ2) is 6.98. The molecular weight excluding hydrogens is 391 g/mol. The molecule has 9 heteroatoms. The molecule has 0 aliphatic rings. The number of carbonyl (C=O) groups excluding carboxylic acids is 1. The second-order valence-corrected chi connectivity index (χ2v) is 6.98. The molecule has 0 unspecified atom stereocenters. The number of thiophene rings is 1. The number of ether oxygens (including phenoxy) is 1. The topological polar surface area (TPSA) is 79.9 Å². The van der Waals surface area contributed by atoms with Crippen LogP contribution in [-0.2, 0) is 0 Å². The van der Waals surface area contributed by atoms with Crippen molar-refractivity contribution < 1.29 is 13.9 Å². The van der Waals surface area contributed by atoms with Crippen LogP contribution in [-0.4, -0.2) is 28.2 Å². The molecule has 0 aliphatic heterocycles. The van der Waals surface area contributed by atoms with Gasteiger partial charge in [0, 0.05) is 10.1 Å². The summed E-state index contributed by atoms with van der Waals surface area (Å²) >= 11 is 7.38. The molecule has 0 radical (unpaired) electrons. The van der Waals surface area contributed by atoms with Crippen LogP contribution in [0.25, 0.3) is 21.5 Å². The first-order chi connectivity index (χ1) is 13.1. The van der Waals surface area contributed by atoms with Crippen molar-refractivity contribution in [1.29, 1.82) is 0 Å². The number of methoxy groups -OCH3 is 1. The average Bonchev–Trinajstić information content (AvgIpc) is 3.26. The molecule has 6 nitrogen and oxygen atoms in total. The normalized spacial score (nSPS) is 10.9. The van der Waals surface area contributed by atoms with Crippen molar-refractivity contribution in [2.75, 3.05) is 12.4 Å². The van der Waals surface area contributed by atoms with Crippen LogP contribution in [0.4, 0.5) is 10.3 Å². The molecule has 0 bridgehead atoms. The van der Waals surface area contributed by atoms with Gasteiger partial charge in [-0.1, -0.05) is 23.7 Å². The van der Waals surface area contributed by atoms with Gasteiger partial charge in [-0.2, -0.15) is 4.98 Å². The molecule has 1 amide bonds. The first kappa shape index (κ1) is 17.4. The number of rotatable bonds is 4. The van der Waals surface area contributed by atoms with Gasteiger partial charge in [0.25, 0.3) is 5.91 Å². The van der Waals surface area contributed by atoms with Gasteiger partial charge >= 0.3 is 0 Å². The van der Waals surface area contributed by atoms with Gasteiger partial charge in [-0.25, -0.2) is 4.39 Å². The van der Waals surface area contributed by atoms with E-state index >= 15 is 0 Å². The lowest BCUT2D eigenvalue weighted by Crippen LogP contribution is -2.11. The van der Waals surface area contributed by atoms with Crippen molar-refractivity contribution in [1.82, 2.24) is 15.2 Å². The van der Waals surface area contributed by atoms with Crippen LogP contribution in [0, 0.1) is 5.82 Å². The Kier molecular flexibility index (Phi) is 4.51. The molecule has 2 heterocycles. The number of nitrogens with one attached hydrogen (secondary N) is 2. The maximum absolute atomic E-state index is 13.4. The predicted molar refractivity (Wildman–Crippen MR) is 103 cm³/mol. The first-order valence-electron chi connectivity index (χ1n) is 7.81. The van der Waals surface area contributed by atoms with E-state index in [-0.39, 0.29) is 21.7 Å². The number of anilines is 1. The molecule has 0 atom stereocenters. The molecule has 136 valence electrons. The van der Waals surface area contributed by atoms with Crippen LogP contribution in [0.1, 0.15) is 9.67 Å². The van der Waals surface area contributed by atoms with Crippen molar-refractivity contribution in [3.8, 4) is 17.1 Å². The molecule has 4 aromatic rings. The maximum Gasteiger partial charge on any atom is 0.269 e. The average molecular weight is 403 g/mol. The molecule has 0 saturated carbocycles. The Balaban J connectivity index is 1.61. The lowest BCUT2D eigenvalue weighted by Gasteiger charge is -2.04. The van der Waals surface area contributed by atoms with E-state index in [1.54, 1.807) is 19.2 Å². The van der Waals surface area contributed by atoms with Crippen LogP contribution in [0.5, 0.6) is 5.75 Å². The van der Waals surface area contributed by atoms with Crippen molar-refractivity contribution in [3.63, 3.8) is 0 Å². The number of halogens is 2. The van der Waals surface area contributed by atoms with Gasteiger partial charge in [-0.15, -0.1) is 16.4 Å². The fourth-order valence-corrected chi connectivity index (χ4v) is 4.06. The lowest BCUT2D eigenvalue weighted by atomic mass is 10.2. The molecular formula is C18H12ClFN4O2S. The molecule has 2 aromatic carbocycles. The summed E-state index contributed by atoms with van der Waals surface area (Å²) in [5.74, 6) is 0.323. The SMILES string of the molecule is COc1ccccc1-c1nc(NC(=O)c2sc3cc(F)ccc3c2Cl)n[nH]1. The summed E-state index contributed by atoms with van der Waals surface area (Å²) in [4.78, 5) is 17.1. The summed E-state index contributed by atoms with van der Waals surface area (Å²) in [5, 5.41) is 10.3. The summed E-state index contributed by atoms with van der Waals surface area (Å²) in [5.41, 5.74) is 0.711. The second-order valence-electron chi connectivity index (χ2n) is 5.55. The molecule has 2 N–H and O–H groups in total. The van der Waals surface area contributed by atoms with E-state index in [0.29, 0.717) is 27.2 Å². The minimum absolute atomic E-state index is 0.0978. The summed E-state index contributed by atoms with van der Waals surface area (Å²) in [6, 6.07) is 11.5. The maximum atomic E-state index is 13.4. The highest BCUT2D eigenvalue weighted by molar-refractivity contribution is 7.21. The lowest BCUT2D eigenvalue weighted by molar-refractivity contribution is 0.103. The smallest absolute Gasteiger partial charge is 0.269 e. The van der Waals surface area contributed by atoms with Crippen molar-refractivity contribution in [2.45, 2.75) is 0 Å². The third-order valence-corrected chi connectivity index (χ3v) is 5.53. The zero-order valence-electron chi connectivity index (χ0n) is 13.9. The Hall–Kier alpha value is -2.97. The summed E-state index contributed by atoms with van der Waals surface area (Å²) in [7, 11) is 1.56. The van der Waals surface area contributed by atoms with Gasteiger partial charge < -0.3 is 4.74 Å². The van der Waals surface area contributed by atoms with E-state index in [0.717, 1.165) is 11.3 Å². The van der Waals surface area contributed by atoms with E-state index < -0.39 is 5.91 Å². The number of para-hydroxylation sites is 1. The van der Waals surface area contributed by atoms with Gasteiger partial charge in [-0.3, -0.25) is 15.2 Å². The predicted octanol–water partition coefficient (Wildman–Crippen LogP) is 4.74. The monoisotopic (exact) mass is 402 g/mol. The molecule has 0 spiro atoms. The fraction of sp³-hybridized carbons (Fsp3) is 0.0556. The fourth-order valence-electron chi connectivity index (χ4n) is 2.62. The van der Waals surface area contributed by atoms with E-state index in [1.165, 1.54) is 12.1 Å². The van der Waals surface area contributed by atoms with Gasteiger partial charge in [0.2, 0.25) is 5.95 Å². The molecule has 0 aliphatic carbocycles. The Morgan fingerprint density at radius 1 is 1.30 bits per heavy atom. The highest BCUT2D eigenvalue weighted by atomic mass is 35.5. The van der Waals surface area contributed by atoms with Crippen molar-refractivity contribution in [3.05, 3.63) is 58.2 Å². The largest absolute Gasteiger partial charge is 0.496 e. The number of hydrogen-bond donors (Lipinski definition) is 2. The quantitative estimate of drug-likeness (QED) is 0.516. The number of carbonyl (C=O) groups is 1. The third kappa shape index (κ3) is 3.24. The van der Waals surface area contributed by atoms with E-state index in [1.807, 2.05) is 18.2 Å². The standard InChI is InChI=1S/C18H12ClFN4O2S/c1-26-12-5-3-2-4-10(12)16-21-18(24-23-16)22-17(25)15-14(19)11-7-6-9(20)8-13(11)27-15/h2-8H,1H3,(H2,21,22,23,24,25). The van der Waals surface area contributed by atoms with Crippen LogP contribution < -0.4 is 10.1 Å². The van der Waals surface area contributed by atoms with Gasteiger partial charge in [0.1, 0.15) is 16.4 Å². The number of nitrogens with zero attached hydrogens (tertiary/aromatic N) is 2. The Morgan fingerprint density at radius 3 is 2.93 bits per heavy atom. The van der Waals surface area contributed by atoms with Crippen molar-refractivity contribution >= 4 is 44.9 Å². The van der Waals surface area contributed by atoms with E-state index in [2.05, 4.69) is 20.5 Å². The number of aromatic amines is 1. The third-order valence-electron chi connectivity index (χ3n) is 3.87. The number of hydrogen-bond acceptors (Lipinski definition) is 5. The molecule has 0 fully saturated rings. The highest BCUT2D eigenvalue weighted by Crippen LogP contribution is 2.36. The number of aromatic nitrogens is 3. The zero-order valence-corrected chi connectivity index (χ0v) is 15.5.